The molecule has 0 aliphatic carbocycles. The second kappa shape index (κ2) is 8.16. The SMILES string of the molecule is O=C1C(=O)N(c2nc3ccc(F)cc3s2)C(c2cccc([N+](=O)[O-])c2)C1=C(O)c1ccccc1. The zero-order valence-corrected chi connectivity index (χ0v) is 18.0. The molecule has 2 heterocycles. The van der Waals surface area contributed by atoms with Crippen molar-refractivity contribution in [2.45, 2.75) is 6.04 Å². The fourth-order valence-electron chi connectivity index (χ4n) is 3.89. The summed E-state index contributed by atoms with van der Waals surface area (Å²) in [4.78, 5) is 42.6. The van der Waals surface area contributed by atoms with Gasteiger partial charge in [0.25, 0.3) is 11.5 Å². The van der Waals surface area contributed by atoms with Crippen LogP contribution < -0.4 is 4.90 Å². The molecule has 4 aromatic rings. The molecule has 0 spiro atoms. The second-order valence-electron chi connectivity index (χ2n) is 7.50. The van der Waals surface area contributed by atoms with E-state index in [1.165, 1.54) is 42.5 Å². The van der Waals surface area contributed by atoms with Crippen LogP contribution in [0.25, 0.3) is 16.0 Å². The maximum absolute atomic E-state index is 13.7. The first kappa shape index (κ1) is 21.4. The molecular weight excluding hydrogens is 461 g/mol. The standard InChI is InChI=1S/C24H14FN3O5S/c25-15-9-10-17-18(12-15)34-24(26-17)27-20(14-7-4-8-16(11-14)28(32)33)19(22(30)23(27)31)21(29)13-5-2-1-3-6-13/h1-12,20,29H. The number of carbonyl (C=O) groups is 2. The lowest BCUT2D eigenvalue weighted by Gasteiger charge is -2.22. The molecule has 168 valence electrons. The monoisotopic (exact) mass is 475 g/mol. The van der Waals surface area contributed by atoms with Crippen LogP contribution >= 0.6 is 11.3 Å². The van der Waals surface area contributed by atoms with Gasteiger partial charge in [-0.3, -0.25) is 24.6 Å². The van der Waals surface area contributed by atoms with Gasteiger partial charge in [-0.05, 0) is 23.8 Å². The van der Waals surface area contributed by atoms with Crippen molar-refractivity contribution < 1.29 is 24.0 Å². The lowest BCUT2D eigenvalue weighted by Crippen LogP contribution is -2.29. The number of thiazole rings is 1. The molecule has 3 aromatic carbocycles. The number of nitro groups is 1. The highest BCUT2D eigenvalue weighted by Crippen LogP contribution is 2.44. The van der Waals surface area contributed by atoms with Crippen molar-refractivity contribution in [2.75, 3.05) is 4.90 Å². The van der Waals surface area contributed by atoms with Crippen LogP contribution in [0.15, 0.2) is 78.4 Å². The van der Waals surface area contributed by atoms with Crippen molar-refractivity contribution in [3.8, 4) is 0 Å². The second-order valence-corrected chi connectivity index (χ2v) is 8.50. The summed E-state index contributed by atoms with van der Waals surface area (Å²) in [6.07, 6.45) is 0. The highest BCUT2D eigenvalue weighted by molar-refractivity contribution is 7.22. The van der Waals surface area contributed by atoms with Crippen LogP contribution in [0.3, 0.4) is 0 Å². The number of hydrogen-bond acceptors (Lipinski definition) is 7. The maximum atomic E-state index is 13.7. The number of nitro benzene ring substituents is 1. The predicted molar refractivity (Wildman–Crippen MR) is 124 cm³/mol. The van der Waals surface area contributed by atoms with E-state index in [0.717, 1.165) is 16.2 Å². The van der Waals surface area contributed by atoms with Gasteiger partial charge < -0.3 is 5.11 Å². The van der Waals surface area contributed by atoms with E-state index in [1.54, 1.807) is 30.3 Å². The first-order valence-electron chi connectivity index (χ1n) is 10.0. The molecule has 8 nitrogen and oxygen atoms in total. The van der Waals surface area contributed by atoms with Crippen LogP contribution in [0.2, 0.25) is 0 Å². The lowest BCUT2D eigenvalue weighted by atomic mass is 9.95. The Morgan fingerprint density at radius 3 is 2.56 bits per heavy atom. The number of non-ortho nitro benzene ring substituents is 1. The summed E-state index contributed by atoms with van der Waals surface area (Å²) in [6.45, 7) is 0. The van der Waals surface area contributed by atoms with Gasteiger partial charge >= 0.3 is 5.91 Å². The van der Waals surface area contributed by atoms with Crippen LogP contribution in [-0.4, -0.2) is 26.7 Å². The molecule has 1 aliphatic heterocycles. The Labute approximate surface area is 195 Å². The van der Waals surface area contributed by atoms with Crippen LogP contribution in [0.1, 0.15) is 17.2 Å². The number of nitrogens with zero attached hydrogens (tertiary/aromatic N) is 3. The van der Waals surface area contributed by atoms with Gasteiger partial charge in [-0.2, -0.15) is 0 Å². The lowest BCUT2D eigenvalue weighted by molar-refractivity contribution is -0.384. The molecule has 1 fully saturated rings. The van der Waals surface area contributed by atoms with Gasteiger partial charge in [0.15, 0.2) is 5.13 Å². The molecule has 1 saturated heterocycles. The fourth-order valence-corrected chi connectivity index (χ4v) is 4.91. The molecule has 10 heteroatoms. The van der Waals surface area contributed by atoms with Gasteiger partial charge in [0.05, 0.1) is 26.8 Å². The van der Waals surface area contributed by atoms with Crippen molar-refractivity contribution >= 4 is 49.8 Å². The van der Waals surface area contributed by atoms with E-state index < -0.39 is 34.2 Å². The van der Waals surface area contributed by atoms with Crippen molar-refractivity contribution in [1.82, 2.24) is 4.98 Å². The number of amides is 1. The van der Waals surface area contributed by atoms with Crippen molar-refractivity contribution in [3.05, 3.63) is 105 Å². The molecule has 1 amide bonds. The molecular formula is C24H14FN3O5S. The van der Waals surface area contributed by atoms with E-state index in [0.29, 0.717) is 15.8 Å². The number of fused-ring (bicyclic) bond motifs is 1. The number of rotatable bonds is 4. The summed E-state index contributed by atoms with van der Waals surface area (Å²) in [6, 6.07) is 16.5. The summed E-state index contributed by atoms with van der Waals surface area (Å²) >= 11 is 0.997. The minimum absolute atomic E-state index is 0.103. The minimum Gasteiger partial charge on any atom is -0.507 e. The van der Waals surface area contributed by atoms with Crippen molar-refractivity contribution in [3.63, 3.8) is 0 Å². The fraction of sp³-hybridized carbons (Fsp3) is 0.0417. The molecule has 1 N–H and O–H groups in total. The number of aliphatic hydroxyl groups excluding tert-OH is 1. The number of ketones is 1. The summed E-state index contributed by atoms with van der Waals surface area (Å²) < 4.78 is 14.2. The average Bonchev–Trinajstić information content (AvgIpc) is 3.37. The highest BCUT2D eigenvalue weighted by Gasteiger charge is 2.48. The van der Waals surface area contributed by atoms with Crippen molar-refractivity contribution in [2.24, 2.45) is 0 Å². The molecule has 34 heavy (non-hydrogen) atoms. The maximum Gasteiger partial charge on any atom is 0.301 e. The first-order valence-corrected chi connectivity index (χ1v) is 10.8. The number of aromatic nitrogens is 1. The van der Waals surface area contributed by atoms with Crippen LogP contribution in [-0.2, 0) is 9.59 Å². The highest BCUT2D eigenvalue weighted by atomic mass is 32.1. The Bertz CT molecular complexity index is 1520. The molecule has 1 aromatic heterocycles. The Morgan fingerprint density at radius 1 is 1.06 bits per heavy atom. The third-order valence-electron chi connectivity index (χ3n) is 5.43. The Hall–Kier alpha value is -4.44. The topological polar surface area (TPSA) is 114 Å². The zero-order valence-electron chi connectivity index (χ0n) is 17.2. The third-order valence-corrected chi connectivity index (χ3v) is 6.45. The number of benzene rings is 3. The van der Waals surface area contributed by atoms with Crippen molar-refractivity contribution in [1.29, 1.82) is 0 Å². The summed E-state index contributed by atoms with van der Waals surface area (Å²) in [5.74, 6) is -2.80. The number of halogens is 1. The van der Waals surface area contributed by atoms with Gasteiger partial charge in [0, 0.05) is 17.7 Å². The number of carbonyl (C=O) groups excluding carboxylic acids is 2. The van der Waals surface area contributed by atoms with Crippen LogP contribution in [0.5, 0.6) is 0 Å². The van der Waals surface area contributed by atoms with E-state index in [1.807, 2.05) is 0 Å². The Kier molecular flexibility index (Phi) is 5.14. The van der Waals surface area contributed by atoms with Gasteiger partial charge in [-0.25, -0.2) is 9.37 Å². The van der Waals surface area contributed by atoms with Gasteiger partial charge in [0.2, 0.25) is 0 Å². The zero-order chi connectivity index (χ0) is 24.0. The van der Waals surface area contributed by atoms with Gasteiger partial charge in [-0.1, -0.05) is 53.8 Å². The van der Waals surface area contributed by atoms with Gasteiger partial charge in [0.1, 0.15) is 11.6 Å². The quantitative estimate of drug-likeness (QED) is 0.147. The van der Waals surface area contributed by atoms with Crippen LogP contribution in [0.4, 0.5) is 15.2 Å². The van der Waals surface area contributed by atoms with Crippen LogP contribution in [0, 0.1) is 15.9 Å². The molecule has 1 atom stereocenters. The van der Waals surface area contributed by atoms with E-state index in [-0.39, 0.29) is 22.0 Å². The van der Waals surface area contributed by atoms with E-state index in [2.05, 4.69) is 4.98 Å². The summed E-state index contributed by atoms with van der Waals surface area (Å²) in [7, 11) is 0. The molecule has 1 aliphatic rings. The number of hydrogen-bond donors (Lipinski definition) is 1. The predicted octanol–water partition coefficient (Wildman–Crippen LogP) is 4.97. The number of anilines is 1. The number of Topliss-reactive ketones (excluding diaryl/α,β-unsaturated/α-hetero) is 1. The van der Waals surface area contributed by atoms with Gasteiger partial charge in [-0.15, -0.1) is 0 Å². The van der Waals surface area contributed by atoms with E-state index in [9.17, 15) is 29.2 Å². The normalized spacial score (nSPS) is 17.4. The molecule has 5 rings (SSSR count). The van der Waals surface area contributed by atoms with E-state index in [4.69, 9.17) is 0 Å². The summed E-state index contributed by atoms with van der Waals surface area (Å²) in [5, 5.41) is 22.5. The molecule has 0 radical (unpaired) electrons. The molecule has 0 bridgehead atoms. The summed E-state index contributed by atoms with van der Waals surface area (Å²) in [5.41, 5.74) is 0.513. The first-order chi connectivity index (χ1) is 16.3. The van der Waals surface area contributed by atoms with E-state index >= 15 is 0 Å². The minimum atomic E-state index is -1.18. The average molecular weight is 475 g/mol. The third kappa shape index (κ3) is 3.50. The number of aliphatic hydroxyl groups is 1. The largest absolute Gasteiger partial charge is 0.507 e. The molecule has 1 unspecified atom stereocenters. The Balaban J connectivity index is 1.75. The smallest absolute Gasteiger partial charge is 0.301 e. The molecule has 0 saturated carbocycles. The Morgan fingerprint density at radius 2 is 1.82 bits per heavy atom.